The van der Waals surface area contributed by atoms with E-state index in [1.54, 1.807) is 11.3 Å². The van der Waals surface area contributed by atoms with E-state index in [-0.39, 0.29) is 5.91 Å². The summed E-state index contributed by atoms with van der Waals surface area (Å²) in [5.41, 5.74) is 3.34. The third-order valence-electron chi connectivity index (χ3n) is 4.40. The molecule has 5 heteroatoms. The minimum atomic E-state index is -0.0120. The number of amides is 1. The van der Waals surface area contributed by atoms with Gasteiger partial charge in [-0.1, -0.05) is 19.1 Å². The Hall–Kier alpha value is -1.30. The molecule has 134 valence electrons. The lowest BCUT2D eigenvalue weighted by molar-refractivity contribution is 0.1000. The number of thiophene rings is 1. The number of benzene rings is 1. The van der Waals surface area contributed by atoms with E-state index in [1.807, 2.05) is 30.0 Å². The third kappa shape index (κ3) is 5.09. The first-order valence-electron chi connectivity index (χ1n) is 8.84. The monoisotopic (exact) mass is 375 g/mol. The van der Waals surface area contributed by atoms with E-state index in [0.29, 0.717) is 5.25 Å². The first kappa shape index (κ1) is 18.5. The molecule has 2 aromatic rings. The zero-order chi connectivity index (χ0) is 17.6. The molecule has 1 N–H and O–H groups in total. The van der Waals surface area contributed by atoms with Gasteiger partial charge >= 0.3 is 0 Å². The van der Waals surface area contributed by atoms with Crippen LogP contribution >= 0.6 is 23.1 Å². The maximum absolute atomic E-state index is 12.5. The number of rotatable bonds is 6. The fraction of sp³-hybridized carbons (Fsp3) is 0.450. The summed E-state index contributed by atoms with van der Waals surface area (Å²) in [7, 11) is 0. The summed E-state index contributed by atoms with van der Waals surface area (Å²) < 4.78 is 5.41. The topological polar surface area (TPSA) is 38.3 Å². The zero-order valence-electron chi connectivity index (χ0n) is 14.8. The Kier molecular flexibility index (Phi) is 6.57. The van der Waals surface area contributed by atoms with Crippen LogP contribution in [-0.4, -0.2) is 24.4 Å². The molecule has 25 heavy (non-hydrogen) atoms. The second kappa shape index (κ2) is 8.88. The SMILES string of the molecule is CCc1sc(C(=O)Nc2cccc(CSC3CCOCC3)c2)cc1C. The number of carbonyl (C=O) groups excluding carboxylic acids is 1. The predicted octanol–water partition coefficient (Wildman–Crippen LogP) is 5.28. The Morgan fingerprint density at radius 2 is 2.12 bits per heavy atom. The molecule has 1 amide bonds. The Balaban J connectivity index is 1.59. The molecule has 0 radical (unpaired) electrons. The molecular weight excluding hydrogens is 350 g/mol. The van der Waals surface area contributed by atoms with E-state index in [2.05, 4.69) is 31.3 Å². The van der Waals surface area contributed by atoms with Gasteiger partial charge in [-0.25, -0.2) is 0 Å². The highest BCUT2D eigenvalue weighted by Gasteiger charge is 2.15. The maximum atomic E-state index is 12.5. The zero-order valence-corrected chi connectivity index (χ0v) is 16.5. The summed E-state index contributed by atoms with van der Waals surface area (Å²) in [5, 5.41) is 3.73. The van der Waals surface area contributed by atoms with Crippen LogP contribution in [-0.2, 0) is 16.9 Å². The van der Waals surface area contributed by atoms with Gasteiger partial charge in [-0.15, -0.1) is 11.3 Å². The second-order valence-electron chi connectivity index (χ2n) is 6.35. The summed E-state index contributed by atoms with van der Waals surface area (Å²) in [6.45, 7) is 5.96. The molecule has 3 rings (SSSR count). The van der Waals surface area contributed by atoms with E-state index < -0.39 is 0 Å². The van der Waals surface area contributed by atoms with Crippen LogP contribution in [0.2, 0.25) is 0 Å². The van der Waals surface area contributed by atoms with Crippen molar-refractivity contribution in [2.24, 2.45) is 0 Å². The molecule has 0 unspecified atom stereocenters. The molecule has 3 nitrogen and oxygen atoms in total. The van der Waals surface area contributed by atoms with E-state index in [0.717, 1.165) is 48.8 Å². The van der Waals surface area contributed by atoms with Gasteiger partial charge in [0.15, 0.2) is 0 Å². The minimum absolute atomic E-state index is 0.0120. The third-order valence-corrected chi connectivity index (χ3v) is 7.23. The van der Waals surface area contributed by atoms with Crippen molar-refractivity contribution in [3.05, 3.63) is 51.2 Å². The molecule has 1 aliphatic heterocycles. The fourth-order valence-electron chi connectivity index (χ4n) is 2.97. The van der Waals surface area contributed by atoms with Crippen molar-refractivity contribution >= 4 is 34.7 Å². The van der Waals surface area contributed by atoms with Gasteiger partial charge in [-0.3, -0.25) is 4.79 Å². The normalized spacial score (nSPS) is 15.3. The number of aryl methyl sites for hydroxylation is 2. The number of hydrogen-bond acceptors (Lipinski definition) is 4. The number of nitrogens with one attached hydrogen (secondary N) is 1. The van der Waals surface area contributed by atoms with E-state index in [4.69, 9.17) is 4.74 Å². The number of carbonyl (C=O) groups is 1. The number of anilines is 1. The highest BCUT2D eigenvalue weighted by molar-refractivity contribution is 7.99. The van der Waals surface area contributed by atoms with Crippen molar-refractivity contribution in [3.63, 3.8) is 0 Å². The molecule has 0 bridgehead atoms. The second-order valence-corrected chi connectivity index (χ2v) is 8.77. The molecule has 0 spiro atoms. The van der Waals surface area contributed by atoms with Gasteiger partial charge in [-0.2, -0.15) is 11.8 Å². The van der Waals surface area contributed by atoms with E-state index in [1.165, 1.54) is 16.0 Å². The van der Waals surface area contributed by atoms with Crippen LogP contribution in [0, 0.1) is 6.92 Å². The van der Waals surface area contributed by atoms with Gasteiger partial charge < -0.3 is 10.1 Å². The highest BCUT2D eigenvalue weighted by atomic mass is 32.2. The van der Waals surface area contributed by atoms with Crippen molar-refractivity contribution in [1.29, 1.82) is 0 Å². The molecule has 1 fully saturated rings. The molecule has 1 aromatic heterocycles. The van der Waals surface area contributed by atoms with Crippen LogP contribution in [0.4, 0.5) is 5.69 Å². The van der Waals surface area contributed by atoms with E-state index >= 15 is 0 Å². The van der Waals surface area contributed by atoms with Crippen molar-refractivity contribution in [3.8, 4) is 0 Å². The lowest BCUT2D eigenvalue weighted by atomic mass is 10.2. The first-order chi connectivity index (χ1) is 12.2. The van der Waals surface area contributed by atoms with Gasteiger partial charge in [-0.05, 0) is 55.5 Å². The number of hydrogen-bond donors (Lipinski definition) is 1. The van der Waals surface area contributed by atoms with Crippen LogP contribution in [0.25, 0.3) is 0 Å². The Labute approximate surface area is 158 Å². The molecule has 0 atom stereocenters. The summed E-state index contributed by atoms with van der Waals surface area (Å²) in [6.07, 6.45) is 3.25. The number of ether oxygens (including phenoxy) is 1. The van der Waals surface area contributed by atoms with Crippen molar-refractivity contribution in [2.45, 2.75) is 44.1 Å². The van der Waals surface area contributed by atoms with E-state index in [9.17, 15) is 4.79 Å². The molecule has 1 saturated heterocycles. The van der Waals surface area contributed by atoms with Crippen LogP contribution < -0.4 is 5.32 Å². The molecule has 0 aliphatic carbocycles. The average Bonchev–Trinajstić information content (AvgIpc) is 3.02. The van der Waals surface area contributed by atoms with Crippen molar-refractivity contribution < 1.29 is 9.53 Å². The van der Waals surface area contributed by atoms with Gasteiger partial charge in [0.05, 0.1) is 4.88 Å². The summed E-state index contributed by atoms with van der Waals surface area (Å²) in [6, 6.07) is 10.2. The molecule has 1 aromatic carbocycles. The number of thioether (sulfide) groups is 1. The highest BCUT2D eigenvalue weighted by Crippen LogP contribution is 2.27. The Bertz CT molecular complexity index is 720. The van der Waals surface area contributed by atoms with Crippen LogP contribution in [0.5, 0.6) is 0 Å². The lowest BCUT2D eigenvalue weighted by Crippen LogP contribution is -2.17. The molecule has 1 aliphatic rings. The minimum Gasteiger partial charge on any atom is -0.381 e. The summed E-state index contributed by atoms with van der Waals surface area (Å²) in [5.74, 6) is 0.967. The molecule has 2 heterocycles. The van der Waals surface area contributed by atoms with Gasteiger partial charge in [0.2, 0.25) is 0 Å². The molecule has 0 saturated carbocycles. The van der Waals surface area contributed by atoms with Crippen molar-refractivity contribution in [2.75, 3.05) is 18.5 Å². The van der Waals surface area contributed by atoms with Gasteiger partial charge in [0.1, 0.15) is 0 Å². The lowest BCUT2D eigenvalue weighted by Gasteiger charge is -2.21. The Morgan fingerprint density at radius 1 is 1.32 bits per heavy atom. The predicted molar refractivity (Wildman–Crippen MR) is 108 cm³/mol. The van der Waals surface area contributed by atoms with Gasteiger partial charge in [0, 0.05) is 34.8 Å². The molecular formula is C20H25NO2S2. The Morgan fingerprint density at radius 3 is 2.84 bits per heavy atom. The van der Waals surface area contributed by atoms with Crippen molar-refractivity contribution in [1.82, 2.24) is 0 Å². The summed E-state index contributed by atoms with van der Waals surface area (Å²) >= 11 is 3.58. The largest absolute Gasteiger partial charge is 0.381 e. The van der Waals surface area contributed by atoms with Crippen LogP contribution in [0.15, 0.2) is 30.3 Å². The summed E-state index contributed by atoms with van der Waals surface area (Å²) in [4.78, 5) is 14.6. The average molecular weight is 376 g/mol. The fourth-order valence-corrected chi connectivity index (χ4v) is 5.11. The van der Waals surface area contributed by atoms with Gasteiger partial charge in [0.25, 0.3) is 5.91 Å². The quantitative estimate of drug-likeness (QED) is 0.746. The standard InChI is InChI=1S/C20H25NO2S2/c1-3-18-14(2)11-19(25-18)20(22)21-16-6-4-5-15(12-16)13-24-17-7-9-23-10-8-17/h4-6,11-12,17H,3,7-10,13H2,1-2H3,(H,21,22). The van der Waals surface area contributed by atoms with Crippen LogP contribution in [0.3, 0.4) is 0 Å². The van der Waals surface area contributed by atoms with Crippen LogP contribution in [0.1, 0.15) is 45.4 Å². The first-order valence-corrected chi connectivity index (χ1v) is 10.7. The maximum Gasteiger partial charge on any atom is 0.265 e. The smallest absolute Gasteiger partial charge is 0.265 e.